The molecule has 0 N–H and O–H groups in total. The Morgan fingerprint density at radius 3 is 2.24 bits per heavy atom. The van der Waals surface area contributed by atoms with E-state index in [0.717, 1.165) is 11.3 Å². The number of rotatable bonds is 6. The predicted molar refractivity (Wildman–Crippen MR) is 122 cm³/mol. The maximum atomic E-state index is 13.5. The Bertz CT molecular complexity index is 1200. The number of sulfonamides is 1. The third-order valence-electron chi connectivity index (χ3n) is 7.87. The number of hydrogen-bond acceptors (Lipinski definition) is 6. The average molecular weight is 523 g/mol. The van der Waals surface area contributed by atoms with Crippen LogP contribution in [0.1, 0.15) is 32.3 Å². The number of hydrogen-bond donors (Lipinski definition) is 0. The van der Waals surface area contributed by atoms with Gasteiger partial charge in [-0.1, -0.05) is 32.0 Å². The highest BCUT2D eigenvalue weighted by Crippen LogP contribution is 2.66. The van der Waals surface area contributed by atoms with Gasteiger partial charge in [-0.15, -0.1) is 0 Å². The van der Waals surface area contributed by atoms with Crippen molar-refractivity contribution >= 4 is 25.8 Å². The zero-order valence-corrected chi connectivity index (χ0v) is 20.9. The van der Waals surface area contributed by atoms with Gasteiger partial charge in [-0.25, -0.2) is 8.42 Å². The molecule has 0 amide bonds. The fourth-order valence-corrected chi connectivity index (χ4v) is 8.37. The zero-order chi connectivity index (χ0) is 25.2. The van der Waals surface area contributed by atoms with E-state index in [1.165, 1.54) is 10.4 Å². The summed E-state index contributed by atoms with van der Waals surface area (Å²) in [5, 5.41) is 0. The predicted octanol–water partition coefficient (Wildman–Crippen LogP) is 3.63. The molecule has 1 saturated heterocycles. The van der Waals surface area contributed by atoms with Gasteiger partial charge in [0.25, 0.3) is 0 Å². The molecule has 0 aromatic heterocycles. The highest BCUT2D eigenvalue weighted by molar-refractivity contribution is 7.89. The Balaban J connectivity index is 1.55. The molecule has 4 rings (SSSR count). The Kier molecular flexibility index (Phi) is 6.05. The monoisotopic (exact) mass is 522 g/mol. The normalized spacial score (nSPS) is 27.6. The molecule has 1 heterocycles. The van der Waals surface area contributed by atoms with Crippen molar-refractivity contribution in [2.75, 3.05) is 36.8 Å². The van der Waals surface area contributed by atoms with Crippen LogP contribution in [0.4, 0.5) is 18.9 Å². The van der Waals surface area contributed by atoms with Crippen LogP contribution in [0.25, 0.3) is 0 Å². The maximum absolute atomic E-state index is 13.5. The number of halogens is 3. The zero-order valence-electron chi connectivity index (χ0n) is 19.3. The highest BCUT2D eigenvalue weighted by Gasteiger charge is 2.65. The first-order chi connectivity index (χ1) is 15.6. The number of nitrogens with zero attached hydrogens (tertiary/aromatic N) is 2. The van der Waals surface area contributed by atoms with Gasteiger partial charge in [-0.3, -0.25) is 0 Å². The van der Waals surface area contributed by atoms with Crippen molar-refractivity contribution in [2.24, 2.45) is 16.7 Å². The highest BCUT2D eigenvalue weighted by atomic mass is 32.2. The summed E-state index contributed by atoms with van der Waals surface area (Å²) in [6, 6.07) is 7.82. The summed E-state index contributed by atoms with van der Waals surface area (Å²) in [5.41, 5.74) is -5.59. The van der Waals surface area contributed by atoms with Gasteiger partial charge in [0.1, 0.15) is 5.76 Å². The molecule has 34 heavy (non-hydrogen) atoms. The summed E-state index contributed by atoms with van der Waals surface area (Å²) in [7, 11) is -9.81. The summed E-state index contributed by atoms with van der Waals surface area (Å²) >= 11 is 0. The summed E-state index contributed by atoms with van der Waals surface area (Å²) in [4.78, 5) is 2.11. The van der Waals surface area contributed by atoms with Gasteiger partial charge in [-0.05, 0) is 48.8 Å². The Morgan fingerprint density at radius 2 is 1.68 bits per heavy atom. The number of piperazine rings is 1. The lowest BCUT2D eigenvalue weighted by Crippen LogP contribution is -2.52. The van der Waals surface area contributed by atoms with E-state index >= 15 is 0 Å². The van der Waals surface area contributed by atoms with Crippen LogP contribution in [0.3, 0.4) is 0 Å². The fourth-order valence-electron chi connectivity index (χ4n) is 5.64. The first-order valence-corrected chi connectivity index (χ1v) is 14.1. The lowest BCUT2D eigenvalue weighted by molar-refractivity contribution is -0.0537. The van der Waals surface area contributed by atoms with Gasteiger partial charge in [0.15, 0.2) is 0 Å². The van der Waals surface area contributed by atoms with E-state index in [-0.39, 0.29) is 25.4 Å². The minimum absolute atomic E-state index is 0.233. The van der Waals surface area contributed by atoms with Crippen LogP contribution < -0.4 is 4.90 Å². The number of para-hydroxylation sites is 1. The summed E-state index contributed by atoms with van der Waals surface area (Å²) < 4.78 is 95.4. The molecule has 190 valence electrons. The molecule has 1 saturated carbocycles. The quantitative estimate of drug-likeness (QED) is 0.419. The van der Waals surface area contributed by atoms with Crippen LogP contribution in [0, 0.1) is 23.7 Å². The molecular formula is C22H29F3N2O5S2. The van der Waals surface area contributed by atoms with Crippen molar-refractivity contribution in [3.05, 3.63) is 41.7 Å². The summed E-state index contributed by atoms with van der Waals surface area (Å²) in [5.74, 6) is -1.15. The molecule has 2 unspecified atom stereocenters. The van der Waals surface area contributed by atoms with Crippen molar-refractivity contribution in [1.29, 1.82) is 0 Å². The van der Waals surface area contributed by atoms with Gasteiger partial charge in [0.2, 0.25) is 10.0 Å². The smallest absolute Gasteiger partial charge is 0.380 e. The molecule has 2 bridgehead atoms. The van der Waals surface area contributed by atoms with Crippen LogP contribution in [-0.4, -0.2) is 58.6 Å². The van der Waals surface area contributed by atoms with Gasteiger partial charge >= 0.3 is 15.6 Å². The first kappa shape index (κ1) is 25.3. The standard InChI is InChI=1S/C22H29F3N2O5S2/c1-16-6-4-5-7-18(16)26-10-12-27(13-11-26)33(28,29)15-21-9-8-17(20(21,2)3)14-19(21)32-34(30,31)22(23,24)25/h4-7,14,17H,8-13,15H2,1-3H3. The molecule has 3 aliphatic rings. The van der Waals surface area contributed by atoms with Crippen molar-refractivity contribution < 1.29 is 34.2 Å². The van der Waals surface area contributed by atoms with E-state index in [0.29, 0.717) is 19.5 Å². The first-order valence-electron chi connectivity index (χ1n) is 11.1. The van der Waals surface area contributed by atoms with E-state index in [1.807, 2.05) is 31.2 Å². The molecule has 0 radical (unpaired) electrons. The van der Waals surface area contributed by atoms with Crippen molar-refractivity contribution in [2.45, 2.75) is 39.1 Å². The second-order valence-electron chi connectivity index (χ2n) is 9.89. The van der Waals surface area contributed by atoms with Crippen molar-refractivity contribution in [3.63, 3.8) is 0 Å². The number of benzene rings is 1. The van der Waals surface area contributed by atoms with Gasteiger partial charge < -0.3 is 9.08 Å². The minimum atomic E-state index is -5.90. The third kappa shape index (κ3) is 4.01. The van der Waals surface area contributed by atoms with E-state index in [9.17, 15) is 30.0 Å². The SMILES string of the molecule is Cc1ccccc1N1CCN(S(=O)(=O)CC23CCC(C=C2OS(=O)(=O)C(F)(F)F)C3(C)C)CC1. The molecule has 1 aromatic rings. The Morgan fingerprint density at radius 1 is 1.06 bits per heavy atom. The molecular weight excluding hydrogens is 493 g/mol. The molecule has 2 atom stereocenters. The molecule has 2 aliphatic carbocycles. The van der Waals surface area contributed by atoms with Gasteiger partial charge in [0, 0.05) is 31.9 Å². The van der Waals surface area contributed by atoms with Crippen LogP contribution in [0.15, 0.2) is 36.1 Å². The lowest BCUT2D eigenvalue weighted by atomic mass is 9.69. The molecule has 1 aromatic carbocycles. The molecule has 7 nitrogen and oxygen atoms in total. The number of alkyl halides is 3. The third-order valence-corrected chi connectivity index (χ3v) is 10.8. The van der Waals surface area contributed by atoms with E-state index in [1.54, 1.807) is 13.8 Å². The molecule has 0 spiro atoms. The van der Waals surface area contributed by atoms with Crippen LogP contribution in [-0.2, 0) is 24.3 Å². The van der Waals surface area contributed by atoms with E-state index < -0.39 is 48.0 Å². The Labute approximate surface area is 198 Å². The number of allylic oxidation sites excluding steroid dienone is 2. The van der Waals surface area contributed by atoms with E-state index in [4.69, 9.17) is 0 Å². The fraction of sp³-hybridized carbons (Fsp3) is 0.636. The van der Waals surface area contributed by atoms with Gasteiger partial charge in [0.05, 0.1) is 11.2 Å². The second kappa shape index (κ2) is 8.12. The number of anilines is 1. The summed E-state index contributed by atoms with van der Waals surface area (Å²) in [6.07, 6.45) is 2.17. The van der Waals surface area contributed by atoms with Crippen LogP contribution >= 0.6 is 0 Å². The largest absolute Gasteiger partial charge is 0.534 e. The van der Waals surface area contributed by atoms with E-state index in [2.05, 4.69) is 9.08 Å². The van der Waals surface area contributed by atoms with Crippen LogP contribution in [0.5, 0.6) is 0 Å². The van der Waals surface area contributed by atoms with Crippen molar-refractivity contribution in [3.8, 4) is 0 Å². The maximum Gasteiger partial charge on any atom is 0.534 e. The molecule has 12 heteroatoms. The minimum Gasteiger partial charge on any atom is -0.380 e. The molecule has 2 fully saturated rings. The summed E-state index contributed by atoms with van der Waals surface area (Å²) in [6.45, 7) is 6.94. The second-order valence-corrected chi connectivity index (χ2v) is 13.4. The number of aryl methyl sites for hydroxylation is 1. The van der Waals surface area contributed by atoms with Crippen molar-refractivity contribution in [1.82, 2.24) is 4.31 Å². The van der Waals surface area contributed by atoms with Crippen LogP contribution in [0.2, 0.25) is 0 Å². The Hall–Kier alpha value is -1.79. The lowest BCUT2D eigenvalue weighted by Gasteiger charge is -2.42. The average Bonchev–Trinajstić information content (AvgIpc) is 3.08. The topological polar surface area (TPSA) is 84.0 Å². The van der Waals surface area contributed by atoms with Gasteiger partial charge in [-0.2, -0.15) is 25.9 Å². The number of fused-ring (bicyclic) bond motifs is 2. The molecule has 1 aliphatic heterocycles.